The van der Waals surface area contributed by atoms with Crippen LogP contribution in [-0.4, -0.2) is 6.54 Å². The molecule has 0 saturated heterocycles. The van der Waals surface area contributed by atoms with Crippen LogP contribution in [0.5, 0.6) is 5.75 Å². The van der Waals surface area contributed by atoms with E-state index < -0.39 is 0 Å². The molecule has 1 heterocycles. The molecule has 1 aromatic carbocycles. The second kappa shape index (κ2) is 8.32. The summed E-state index contributed by atoms with van der Waals surface area (Å²) in [6.07, 6.45) is 6.90. The van der Waals surface area contributed by atoms with E-state index in [4.69, 9.17) is 9.15 Å². The van der Waals surface area contributed by atoms with Gasteiger partial charge in [0, 0.05) is 11.1 Å². The van der Waals surface area contributed by atoms with E-state index in [9.17, 15) is 0 Å². The highest BCUT2D eigenvalue weighted by Crippen LogP contribution is 2.21. The van der Waals surface area contributed by atoms with E-state index in [-0.39, 0.29) is 0 Å². The predicted octanol–water partition coefficient (Wildman–Crippen LogP) is 4.39. The largest absolute Gasteiger partial charge is 0.488 e. The Morgan fingerprint density at radius 3 is 2.90 bits per heavy atom. The van der Waals surface area contributed by atoms with E-state index in [0.717, 1.165) is 42.1 Å². The Morgan fingerprint density at radius 2 is 2.10 bits per heavy atom. The van der Waals surface area contributed by atoms with Crippen molar-refractivity contribution in [3.05, 3.63) is 59.6 Å². The van der Waals surface area contributed by atoms with Crippen LogP contribution < -0.4 is 10.1 Å². The number of benzene rings is 1. The average Bonchev–Trinajstić information content (AvgIpc) is 2.94. The van der Waals surface area contributed by atoms with Gasteiger partial charge in [0.1, 0.15) is 18.1 Å². The molecular formula is C18H23NO2. The average molecular weight is 285 g/mol. The Bertz CT molecular complexity index is 572. The van der Waals surface area contributed by atoms with Crippen LogP contribution in [0, 0.1) is 0 Å². The maximum absolute atomic E-state index is 5.94. The number of para-hydroxylation sites is 1. The minimum Gasteiger partial charge on any atom is -0.488 e. The summed E-state index contributed by atoms with van der Waals surface area (Å²) in [5.41, 5.74) is 2.18. The summed E-state index contributed by atoms with van der Waals surface area (Å²) < 4.78 is 11.5. The van der Waals surface area contributed by atoms with Crippen LogP contribution in [0.25, 0.3) is 6.08 Å². The maximum Gasteiger partial charge on any atom is 0.127 e. The Hall–Kier alpha value is -2.00. The van der Waals surface area contributed by atoms with Gasteiger partial charge in [0.25, 0.3) is 0 Å². The summed E-state index contributed by atoms with van der Waals surface area (Å²) in [5.74, 6) is 1.84. The van der Waals surface area contributed by atoms with Gasteiger partial charge in [-0.3, -0.25) is 0 Å². The Balaban J connectivity index is 1.99. The molecular weight excluding hydrogens is 262 g/mol. The van der Waals surface area contributed by atoms with Crippen LogP contribution >= 0.6 is 0 Å². The monoisotopic (exact) mass is 285 g/mol. The van der Waals surface area contributed by atoms with E-state index in [0.29, 0.717) is 6.61 Å². The minimum absolute atomic E-state index is 0.522. The first-order valence-electron chi connectivity index (χ1n) is 7.45. The normalized spacial score (nSPS) is 11.1. The molecule has 112 valence electrons. The van der Waals surface area contributed by atoms with Gasteiger partial charge >= 0.3 is 0 Å². The number of nitrogens with one attached hydrogen (secondary N) is 1. The molecule has 0 amide bonds. The van der Waals surface area contributed by atoms with Gasteiger partial charge in [-0.1, -0.05) is 37.3 Å². The number of ether oxygens (including phenoxy) is 1. The predicted molar refractivity (Wildman–Crippen MR) is 86.2 cm³/mol. The zero-order valence-corrected chi connectivity index (χ0v) is 12.8. The first kappa shape index (κ1) is 15.4. The van der Waals surface area contributed by atoms with Gasteiger partial charge in [0.15, 0.2) is 0 Å². The molecule has 1 aromatic heterocycles. The zero-order valence-electron chi connectivity index (χ0n) is 12.8. The van der Waals surface area contributed by atoms with Crippen LogP contribution in [0.15, 0.2) is 47.1 Å². The molecule has 3 nitrogen and oxygen atoms in total. The second-order valence-electron chi connectivity index (χ2n) is 4.87. The lowest BCUT2D eigenvalue weighted by Crippen LogP contribution is -2.14. The molecule has 0 spiro atoms. The number of hydrogen-bond donors (Lipinski definition) is 1. The van der Waals surface area contributed by atoms with E-state index >= 15 is 0 Å². The summed E-state index contributed by atoms with van der Waals surface area (Å²) in [4.78, 5) is 0. The molecule has 3 heteroatoms. The van der Waals surface area contributed by atoms with Crippen molar-refractivity contribution in [1.82, 2.24) is 5.32 Å². The molecule has 0 aliphatic rings. The van der Waals surface area contributed by atoms with Crippen LogP contribution in [0.2, 0.25) is 0 Å². The van der Waals surface area contributed by atoms with E-state index in [1.807, 2.05) is 37.3 Å². The van der Waals surface area contributed by atoms with Crippen molar-refractivity contribution >= 4 is 6.08 Å². The summed E-state index contributed by atoms with van der Waals surface area (Å²) in [7, 11) is 0. The van der Waals surface area contributed by atoms with Crippen LogP contribution in [0.1, 0.15) is 37.2 Å². The molecule has 0 unspecified atom stereocenters. The highest BCUT2D eigenvalue weighted by atomic mass is 16.5. The molecule has 0 fully saturated rings. The van der Waals surface area contributed by atoms with Gasteiger partial charge in [-0.05, 0) is 32.0 Å². The lowest BCUT2D eigenvalue weighted by molar-refractivity contribution is 0.300. The molecule has 0 aliphatic heterocycles. The minimum atomic E-state index is 0.522. The van der Waals surface area contributed by atoms with Gasteiger partial charge in [0.05, 0.1) is 12.8 Å². The van der Waals surface area contributed by atoms with Crippen molar-refractivity contribution in [3.8, 4) is 5.75 Å². The Morgan fingerprint density at radius 1 is 1.24 bits per heavy atom. The van der Waals surface area contributed by atoms with E-state index in [1.165, 1.54) is 0 Å². The van der Waals surface area contributed by atoms with Gasteiger partial charge in [-0.2, -0.15) is 0 Å². The number of allylic oxidation sites excluding steroid dienone is 1. The standard InChI is InChI=1S/C18H23NO2/c1-3-7-15-8-5-6-9-17(15)21-14-16-10-12-20-18(16)13-19-11-4-2/h3,5-10,12,19H,4,11,13-14H2,1-2H3. The van der Waals surface area contributed by atoms with Gasteiger partial charge in [-0.15, -0.1) is 0 Å². The van der Waals surface area contributed by atoms with Crippen molar-refractivity contribution < 1.29 is 9.15 Å². The summed E-state index contributed by atoms with van der Waals surface area (Å²) in [5, 5.41) is 3.35. The Kier molecular flexibility index (Phi) is 6.10. The number of hydrogen-bond acceptors (Lipinski definition) is 3. The van der Waals surface area contributed by atoms with Crippen molar-refractivity contribution in [2.75, 3.05) is 6.54 Å². The molecule has 0 atom stereocenters. The highest BCUT2D eigenvalue weighted by Gasteiger charge is 2.07. The topological polar surface area (TPSA) is 34.4 Å². The van der Waals surface area contributed by atoms with Crippen molar-refractivity contribution in [2.45, 2.75) is 33.4 Å². The van der Waals surface area contributed by atoms with Gasteiger partial charge in [-0.25, -0.2) is 0 Å². The highest BCUT2D eigenvalue weighted by molar-refractivity contribution is 5.56. The fourth-order valence-electron chi connectivity index (χ4n) is 2.11. The van der Waals surface area contributed by atoms with Crippen molar-refractivity contribution in [2.24, 2.45) is 0 Å². The summed E-state index contributed by atoms with van der Waals surface area (Å²) >= 11 is 0. The van der Waals surface area contributed by atoms with Crippen molar-refractivity contribution in [3.63, 3.8) is 0 Å². The van der Waals surface area contributed by atoms with Crippen molar-refractivity contribution in [1.29, 1.82) is 0 Å². The molecule has 0 radical (unpaired) electrons. The smallest absolute Gasteiger partial charge is 0.127 e. The Labute approximate surface area is 126 Å². The van der Waals surface area contributed by atoms with Crippen LogP contribution in [0.3, 0.4) is 0 Å². The van der Waals surface area contributed by atoms with Gasteiger partial charge in [0.2, 0.25) is 0 Å². The lowest BCUT2D eigenvalue weighted by Gasteiger charge is -2.09. The summed E-state index contributed by atoms with van der Waals surface area (Å²) in [6.45, 7) is 6.41. The quantitative estimate of drug-likeness (QED) is 0.730. The third-order valence-corrected chi connectivity index (χ3v) is 3.20. The van der Waals surface area contributed by atoms with E-state index in [2.05, 4.69) is 24.4 Å². The number of furan rings is 1. The third-order valence-electron chi connectivity index (χ3n) is 3.20. The van der Waals surface area contributed by atoms with E-state index in [1.54, 1.807) is 6.26 Å². The van der Waals surface area contributed by atoms with Crippen LogP contribution in [0.4, 0.5) is 0 Å². The molecule has 2 rings (SSSR count). The lowest BCUT2D eigenvalue weighted by atomic mass is 10.2. The first-order chi connectivity index (χ1) is 10.3. The fourth-order valence-corrected chi connectivity index (χ4v) is 2.11. The third kappa shape index (κ3) is 4.50. The van der Waals surface area contributed by atoms with Crippen LogP contribution in [-0.2, 0) is 13.2 Å². The maximum atomic E-state index is 5.94. The molecule has 0 bridgehead atoms. The number of rotatable bonds is 8. The SMILES string of the molecule is CC=Cc1ccccc1OCc1ccoc1CNCCC. The molecule has 0 saturated carbocycles. The fraction of sp³-hybridized carbons (Fsp3) is 0.333. The molecule has 21 heavy (non-hydrogen) atoms. The zero-order chi connectivity index (χ0) is 14.9. The van der Waals surface area contributed by atoms with Gasteiger partial charge < -0.3 is 14.5 Å². The molecule has 0 aliphatic carbocycles. The molecule has 2 aromatic rings. The first-order valence-corrected chi connectivity index (χ1v) is 7.45. The summed E-state index contributed by atoms with van der Waals surface area (Å²) in [6, 6.07) is 10.0. The second-order valence-corrected chi connectivity index (χ2v) is 4.87. The molecule has 1 N–H and O–H groups in total.